The third-order valence-electron chi connectivity index (χ3n) is 2.61. The summed E-state index contributed by atoms with van der Waals surface area (Å²) in [6, 6.07) is 4.28. The van der Waals surface area contributed by atoms with Crippen LogP contribution in [0.3, 0.4) is 0 Å². The lowest BCUT2D eigenvalue weighted by Crippen LogP contribution is -2.08. The Kier molecular flexibility index (Phi) is 5.00. The predicted molar refractivity (Wildman–Crippen MR) is 63.0 cm³/mol. The average molecular weight is 245 g/mol. The van der Waals surface area contributed by atoms with Gasteiger partial charge in [-0.25, -0.2) is 0 Å². The minimum Gasteiger partial charge on any atom is -0.320 e. The minimum atomic E-state index is -4.24. The van der Waals surface area contributed by atoms with E-state index in [9.17, 15) is 13.2 Å². The quantitative estimate of drug-likeness (QED) is 0.782. The number of aryl methyl sites for hydroxylation is 2. The van der Waals surface area contributed by atoms with Crippen molar-refractivity contribution in [2.24, 2.45) is 0 Å². The van der Waals surface area contributed by atoms with Gasteiger partial charge < -0.3 is 5.32 Å². The van der Waals surface area contributed by atoms with Crippen LogP contribution in [0.2, 0.25) is 0 Å². The zero-order valence-corrected chi connectivity index (χ0v) is 10.2. The molecular formula is C13H18F3N. The number of unbranched alkanes of at least 4 members (excludes halogenated alkanes) is 1. The van der Waals surface area contributed by atoms with Gasteiger partial charge in [-0.3, -0.25) is 0 Å². The van der Waals surface area contributed by atoms with Crippen LogP contribution in [0.25, 0.3) is 0 Å². The molecule has 0 aliphatic heterocycles. The topological polar surface area (TPSA) is 12.0 Å². The summed E-state index contributed by atoms with van der Waals surface area (Å²) in [6.07, 6.45) is -1.66. The van der Waals surface area contributed by atoms with Crippen LogP contribution in [-0.4, -0.2) is 13.6 Å². The van der Waals surface area contributed by atoms with Gasteiger partial charge in [0.1, 0.15) is 0 Å². The van der Waals surface area contributed by atoms with Gasteiger partial charge in [0.15, 0.2) is 0 Å². The van der Waals surface area contributed by atoms with Gasteiger partial charge in [0.25, 0.3) is 0 Å². The first kappa shape index (κ1) is 14.0. The second kappa shape index (κ2) is 6.05. The fraction of sp³-hybridized carbons (Fsp3) is 0.538. The molecule has 0 bridgehead atoms. The SMILES string of the molecule is CNCCCCc1cc(C)cc(C(F)(F)F)c1. The molecule has 1 N–H and O–H groups in total. The second-order valence-electron chi connectivity index (χ2n) is 4.27. The third-order valence-corrected chi connectivity index (χ3v) is 2.61. The standard InChI is InChI=1S/C13H18F3N/c1-10-7-11(5-3-4-6-17-2)9-12(8-10)13(14,15)16/h7-9,17H,3-6H2,1-2H3. The van der Waals surface area contributed by atoms with Gasteiger partial charge in [0.2, 0.25) is 0 Å². The van der Waals surface area contributed by atoms with Crippen molar-refractivity contribution < 1.29 is 13.2 Å². The first-order valence-corrected chi connectivity index (χ1v) is 5.76. The molecule has 1 aromatic rings. The Morgan fingerprint density at radius 3 is 2.41 bits per heavy atom. The Labute approximate surface area is 100 Å². The lowest BCUT2D eigenvalue weighted by atomic mass is 10.0. The number of nitrogens with one attached hydrogen (secondary N) is 1. The van der Waals surface area contributed by atoms with Crippen LogP contribution in [0.5, 0.6) is 0 Å². The van der Waals surface area contributed by atoms with Crippen molar-refractivity contribution in [3.63, 3.8) is 0 Å². The Morgan fingerprint density at radius 1 is 1.12 bits per heavy atom. The highest BCUT2D eigenvalue weighted by atomic mass is 19.4. The monoisotopic (exact) mass is 245 g/mol. The highest BCUT2D eigenvalue weighted by Gasteiger charge is 2.30. The van der Waals surface area contributed by atoms with E-state index in [1.807, 2.05) is 13.1 Å². The smallest absolute Gasteiger partial charge is 0.320 e. The van der Waals surface area contributed by atoms with E-state index in [0.717, 1.165) is 24.9 Å². The highest BCUT2D eigenvalue weighted by Crippen LogP contribution is 2.30. The van der Waals surface area contributed by atoms with Gasteiger partial charge >= 0.3 is 6.18 Å². The van der Waals surface area contributed by atoms with Gasteiger partial charge in [-0.2, -0.15) is 13.2 Å². The number of hydrogen-bond acceptors (Lipinski definition) is 1. The Morgan fingerprint density at radius 2 is 1.82 bits per heavy atom. The second-order valence-corrected chi connectivity index (χ2v) is 4.27. The van der Waals surface area contributed by atoms with Crippen LogP contribution in [0.1, 0.15) is 29.5 Å². The highest BCUT2D eigenvalue weighted by molar-refractivity contribution is 5.31. The van der Waals surface area contributed by atoms with E-state index in [4.69, 9.17) is 0 Å². The molecule has 0 saturated carbocycles. The molecule has 0 atom stereocenters. The molecule has 0 spiro atoms. The summed E-state index contributed by atoms with van der Waals surface area (Å²) < 4.78 is 37.7. The molecule has 4 heteroatoms. The van der Waals surface area contributed by atoms with E-state index in [2.05, 4.69) is 5.32 Å². The number of hydrogen-bond donors (Lipinski definition) is 1. The van der Waals surface area contributed by atoms with Crippen LogP contribution >= 0.6 is 0 Å². The molecule has 0 saturated heterocycles. The van der Waals surface area contributed by atoms with Crippen molar-refractivity contribution in [1.82, 2.24) is 5.32 Å². The summed E-state index contributed by atoms with van der Waals surface area (Å²) in [6.45, 7) is 2.60. The van der Waals surface area contributed by atoms with Crippen molar-refractivity contribution in [2.45, 2.75) is 32.4 Å². The van der Waals surface area contributed by atoms with E-state index >= 15 is 0 Å². The maximum absolute atomic E-state index is 12.6. The van der Waals surface area contributed by atoms with Crippen molar-refractivity contribution in [2.75, 3.05) is 13.6 Å². The zero-order chi connectivity index (χ0) is 12.9. The van der Waals surface area contributed by atoms with Crippen molar-refractivity contribution in [1.29, 1.82) is 0 Å². The summed E-state index contributed by atoms with van der Waals surface area (Å²) >= 11 is 0. The summed E-state index contributed by atoms with van der Waals surface area (Å²) in [5.74, 6) is 0. The van der Waals surface area contributed by atoms with Crippen molar-refractivity contribution in [3.05, 3.63) is 34.9 Å². The molecule has 0 heterocycles. The fourth-order valence-corrected chi connectivity index (χ4v) is 1.80. The molecule has 1 aromatic carbocycles. The van der Waals surface area contributed by atoms with E-state index in [0.29, 0.717) is 12.0 Å². The summed E-state index contributed by atoms with van der Waals surface area (Å²) in [5.41, 5.74) is 0.901. The molecule has 17 heavy (non-hydrogen) atoms. The van der Waals surface area contributed by atoms with E-state index in [1.54, 1.807) is 6.92 Å². The number of benzene rings is 1. The number of alkyl halides is 3. The normalized spacial score (nSPS) is 11.8. The van der Waals surface area contributed by atoms with E-state index in [-0.39, 0.29) is 0 Å². The Bertz CT molecular complexity index is 358. The summed E-state index contributed by atoms with van der Waals surface area (Å²) in [4.78, 5) is 0. The van der Waals surface area contributed by atoms with Crippen LogP contribution in [0.15, 0.2) is 18.2 Å². The number of rotatable bonds is 5. The maximum Gasteiger partial charge on any atom is 0.416 e. The first-order chi connectivity index (χ1) is 7.93. The molecule has 1 nitrogen and oxygen atoms in total. The predicted octanol–water partition coefficient (Wildman–Crippen LogP) is 3.56. The molecule has 0 aliphatic carbocycles. The largest absolute Gasteiger partial charge is 0.416 e. The lowest BCUT2D eigenvalue weighted by Gasteiger charge is -2.10. The molecular weight excluding hydrogens is 227 g/mol. The zero-order valence-electron chi connectivity index (χ0n) is 10.2. The average Bonchev–Trinajstić information content (AvgIpc) is 2.22. The Hall–Kier alpha value is -1.03. The van der Waals surface area contributed by atoms with Crippen LogP contribution in [0.4, 0.5) is 13.2 Å². The van der Waals surface area contributed by atoms with Crippen LogP contribution in [0, 0.1) is 6.92 Å². The van der Waals surface area contributed by atoms with Gasteiger partial charge in [-0.05, 0) is 57.5 Å². The maximum atomic E-state index is 12.6. The molecule has 0 aliphatic rings. The molecule has 0 fully saturated rings. The molecule has 0 unspecified atom stereocenters. The summed E-state index contributed by atoms with van der Waals surface area (Å²) in [7, 11) is 1.87. The van der Waals surface area contributed by atoms with Crippen LogP contribution < -0.4 is 5.32 Å². The molecule has 96 valence electrons. The minimum absolute atomic E-state index is 0.541. The van der Waals surface area contributed by atoms with E-state index in [1.165, 1.54) is 12.1 Å². The van der Waals surface area contributed by atoms with Crippen LogP contribution in [-0.2, 0) is 12.6 Å². The molecule has 0 amide bonds. The fourth-order valence-electron chi connectivity index (χ4n) is 1.80. The molecule has 0 aromatic heterocycles. The van der Waals surface area contributed by atoms with Gasteiger partial charge in [-0.15, -0.1) is 0 Å². The number of halogens is 3. The van der Waals surface area contributed by atoms with Crippen molar-refractivity contribution in [3.8, 4) is 0 Å². The third kappa shape index (κ3) is 4.77. The molecule has 1 rings (SSSR count). The van der Waals surface area contributed by atoms with Gasteiger partial charge in [-0.1, -0.05) is 11.6 Å². The van der Waals surface area contributed by atoms with Gasteiger partial charge in [0.05, 0.1) is 5.56 Å². The lowest BCUT2D eigenvalue weighted by molar-refractivity contribution is -0.137. The van der Waals surface area contributed by atoms with Gasteiger partial charge in [0, 0.05) is 0 Å². The Balaban J connectivity index is 2.69. The molecule has 0 radical (unpaired) electrons. The summed E-state index contributed by atoms with van der Waals surface area (Å²) in [5, 5.41) is 3.02. The van der Waals surface area contributed by atoms with E-state index < -0.39 is 11.7 Å². The first-order valence-electron chi connectivity index (χ1n) is 5.76. The van der Waals surface area contributed by atoms with Crippen molar-refractivity contribution >= 4 is 0 Å².